The highest BCUT2D eigenvalue weighted by molar-refractivity contribution is 9.10. The van der Waals surface area contributed by atoms with Crippen LogP contribution in [0, 0.1) is 6.92 Å². The standard InChI is InChI=1S/C14H15BrClN3/c1-3-5-10-13(16)17-8-18-14(10)19-11-7-4-6-9(2)12(11)15/h4,6-8H,3,5H2,1-2H3,(H,17,18,19). The Morgan fingerprint density at radius 2 is 2.11 bits per heavy atom. The van der Waals surface area contributed by atoms with E-state index in [4.69, 9.17) is 11.6 Å². The topological polar surface area (TPSA) is 37.8 Å². The van der Waals surface area contributed by atoms with Gasteiger partial charge in [0.15, 0.2) is 0 Å². The normalized spacial score (nSPS) is 10.5. The van der Waals surface area contributed by atoms with Crippen molar-refractivity contribution in [2.45, 2.75) is 26.7 Å². The van der Waals surface area contributed by atoms with Gasteiger partial charge in [0.2, 0.25) is 0 Å². The Hall–Kier alpha value is -1.13. The van der Waals surface area contributed by atoms with Gasteiger partial charge in [-0.25, -0.2) is 9.97 Å². The summed E-state index contributed by atoms with van der Waals surface area (Å²) in [5.41, 5.74) is 3.11. The summed E-state index contributed by atoms with van der Waals surface area (Å²) in [6.07, 6.45) is 3.33. The fraction of sp³-hybridized carbons (Fsp3) is 0.286. The molecule has 2 rings (SSSR count). The molecule has 0 aliphatic rings. The molecular formula is C14H15BrClN3. The van der Waals surface area contributed by atoms with Gasteiger partial charge in [-0.1, -0.05) is 37.1 Å². The maximum atomic E-state index is 6.14. The number of rotatable bonds is 4. The average Bonchev–Trinajstić information content (AvgIpc) is 2.39. The molecule has 2 aromatic rings. The predicted molar refractivity (Wildman–Crippen MR) is 83.2 cm³/mol. The van der Waals surface area contributed by atoms with Crippen molar-refractivity contribution in [2.24, 2.45) is 0 Å². The Morgan fingerprint density at radius 1 is 1.32 bits per heavy atom. The highest BCUT2D eigenvalue weighted by Crippen LogP contribution is 2.30. The molecule has 1 N–H and O–H groups in total. The first kappa shape index (κ1) is 14.3. The van der Waals surface area contributed by atoms with Gasteiger partial charge in [-0.05, 0) is 40.9 Å². The van der Waals surface area contributed by atoms with Crippen molar-refractivity contribution in [3.8, 4) is 0 Å². The van der Waals surface area contributed by atoms with Gasteiger partial charge in [0.05, 0.1) is 5.69 Å². The van der Waals surface area contributed by atoms with Gasteiger partial charge in [0.25, 0.3) is 0 Å². The minimum atomic E-state index is 0.517. The fourth-order valence-electron chi connectivity index (χ4n) is 1.84. The molecule has 1 heterocycles. The van der Waals surface area contributed by atoms with Gasteiger partial charge in [0, 0.05) is 10.0 Å². The predicted octanol–water partition coefficient (Wildman–Crippen LogP) is 4.90. The molecule has 0 spiro atoms. The number of hydrogen-bond acceptors (Lipinski definition) is 3. The number of halogens is 2. The van der Waals surface area contributed by atoms with Gasteiger partial charge in [-0.15, -0.1) is 0 Å². The van der Waals surface area contributed by atoms with Crippen LogP contribution in [-0.2, 0) is 6.42 Å². The summed E-state index contributed by atoms with van der Waals surface area (Å²) >= 11 is 9.72. The van der Waals surface area contributed by atoms with Crippen molar-refractivity contribution >= 4 is 39.0 Å². The van der Waals surface area contributed by atoms with Crippen molar-refractivity contribution in [1.82, 2.24) is 9.97 Å². The molecule has 0 unspecified atom stereocenters. The zero-order valence-corrected chi connectivity index (χ0v) is 13.2. The first-order valence-electron chi connectivity index (χ1n) is 6.15. The average molecular weight is 341 g/mol. The van der Waals surface area contributed by atoms with E-state index < -0.39 is 0 Å². The van der Waals surface area contributed by atoms with E-state index in [0.29, 0.717) is 5.15 Å². The minimum absolute atomic E-state index is 0.517. The Labute approximate surface area is 126 Å². The highest BCUT2D eigenvalue weighted by atomic mass is 79.9. The zero-order valence-electron chi connectivity index (χ0n) is 10.9. The quantitative estimate of drug-likeness (QED) is 0.805. The van der Waals surface area contributed by atoms with Crippen molar-refractivity contribution in [3.05, 3.63) is 45.3 Å². The second-order valence-corrected chi connectivity index (χ2v) is 5.45. The molecule has 0 aliphatic carbocycles. The SMILES string of the molecule is CCCc1c(Cl)ncnc1Nc1cccc(C)c1Br. The molecule has 5 heteroatoms. The van der Waals surface area contributed by atoms with Crippen LogP contribution in [0.5, 0.6) is 0 Å². The van der Waals surface area contributed by atoms with Gasteiger partial charge in [-0.2, -0.15) is 0 Å². The molecule has 0 fully saturated rings. The molecular weight excluding hydrogens is 326 g/mol. The molecule has 0 amide bonds. The number of aromatic nitrogens is 2. The molecule has 0 radical (unpaired) electrons. The lowest BCUT2D eigenvalue weighted by molar-refractivity contribution is 0.904. The third-order valence-electron chi connectivity index (χ3n) is 2.84. The largest absolute Gasteiger partial charge is 0.339 e. The smallest absolute Gasteiger partial charge is 0.138 e. The molecule has 1 aromatic heterocycles. The second kappa shape index (κ2) is 6.35. The zero-order chi connectivity index (χ0) is 13.8. The molecule has 0 bridgehead atoms. The summed E-state index contributed by atoms with van der Waals surface area (Å²) in [5.74, 6) is 0.771. The number of benzene rings is 1. The van der Waals surface area contributed by atoms with Crippen LogP contribution in [0.3, 0.4) is 0 Å². The summed E-state index contributed by atoms with van der Waals surface area (Å²) in [6, 6.07) is 6.06. The van der Waals surface area contributed by atoms with Crippen LogP contribution in [0.15, 0.2) is 29.0 Å². The van der Waals surface area contributed by atoms with Crippen LogP contribution in [0.2, 0.25) is 5.15 Å². The molecule has 0 saturated heterocycles. The van der Waals surface area contributed by atoms with Crippen LogP contribution < -0.4 is 5.32 Å². The van der Waals surface area contributed by atoms with Gasteiger partial charge in [-0.3, -0.25) is 0 Å². The van der Waals surface area contributed by atoms with Gasteiger partial charge < -0.3 is 5.32 Å². The lowest BCUT2D eigenvalue weighted by Gasteiger charge is -2.13. The summed E-state index contributed by atoms with van der Waals surface area (Å²) < 4.78 is 1.03. The summed E-state index contributed by atoms with van der Waals surface area (Å²) in [6.45, 7) is 4.16. The van der Waals surface area contributed by atoms with E-state index >= 15 is 0 Å². The Kier molecular flexibility index (Phi) is 4.77. The van der Waals surface area contributed by atoms with Crippen LogP contribution in [-0.4, -0.2) is 9.97 Å². The van der Waals surface area contributed by atoms with E-state index in [1.807, 2.05) is 12.1 Å². The lowest BCUT2D eigenvalue weighted by Crippen LogP contribution is -2.02. The second-order valence-electron chi connectivity index (χ2n) is 4.30. The van der Waals surface area contributed by atoms with Crippen molar-refractivity contribution < 1.29 is 0 Å². The maximum Gasteiger partial charge on any atom is 0.138 e. The Balaban J connectivity index is 2.38. The first-order valence-corrected chi connectivity index (χ1v) is 7.32. The molecule has 100 valence electrons. The van der Waals surface area contributed by atoms with Crippen molar-refractivity contribution in [2.75, 3.05) is 5.32 Å². The first-order chi connectivity index (χ1) is 9.13. The number of aryl methyl sites for hydroxylation is 1. The third-order valence-corrected chi connectivity index (χ3v) is 4.22. The van der Waals surface area contributed by atoms with Gasteiger partial charge >= 0.3 is 0 Å². The van der Waals surface area contributed by atoms with Crippen LogP contribution in [0.4, 0.5) is 11.5 Å². The molecule has 3 nitrogen and oxygen atoms in total. The van der Waals surface area contributed by atoms with E-state index in [1.54, 1.807) is 0 Å². The summed E-state index contributed by atoms with van der Waals surface area (Å²) in [7, 11) is 0. The van der Waals surface area contributed by atoms with Crippen molar-refractivity contribution in [3.63, 3.8) is 0 Å². The van der Waals surface area contributed by atoms with Crippen LogP contribution in [0.1, 0.15) is 24.5 Å². The minimum Gasteiger partial charge on any atom is -0.339 e. The van der Waals surface area contributed by atoms with E-state index in [-0.39, 0.29) is 0 Å². The number of nitrogens with one attached hydrogen (secondary N) is 1. The van der Waals surface area contributed by atoms with E-state index in [1.165, 1.54) is 11.9 Å². The molecule has 0 aliphatic heterocycles. The van der Waals surface area contributed by atoms with Crippen molar-refractivity contribution in [1.29, 1.82) is 0 Å². The van der Waals surface area contributed by atoms with E-state index in [9.17, 15) is 0 Å². The molecule has 0 saturated carbocycles. The fourth-order valence-corrected chi connectivity index (χ4v) is 2.43. The van der Waals surface area contributed by atoms with E-state index in [0.717, 1.165) is 34.4 Å². The van der Waals surface area contributed by atoms with Crippen LogP contribution in [0.25, 0.3) is 0 Å². The summed E-state index contributed by atoms with van der Waals surface area (Å²) in [4.78, 5) is 8.34. The van der Waals surface area contributed by atoms with E-state index in [2.05, 4.69) is 51.1 Å². The third kappa shape index (κ3) is 3.25. The molecule has 19 heavy (non-hydrogen) atoms. The maximum absolute atomic E-state index is 6.14. The monoisotopic (exact) mass is 339 g/mol. The molecule has 0 atom stereocenters. The number of anilines is 2. The number of hydrogen-bond donors (Lipinski definition) is 1. The number of nitrogens with zero attached hydrogens (tertiary/aromatic N) is 2. The van der Waals surface area contributed by atoms with Crippen LogP contribution >= 0.6 is 27.5 Å². The lowest BCUT2D eigenvalue weighted by atomic mass is 10.1. The highest BCUT2D eigenvalue weighted by Gasteiger charge is 2.11. The summed E-state index contributed by atoms with van der Waals surface area (Å²) in [5, 5.41) is 3.84. The Morgan fingerprint density at radius 3 is 2.84 bits per heavy atom. The Bertz CT molecular complexity index is 587. The molecule has 1 aromatic carbocycles. The van der Waals surface area contributed by atoms with Gasteiger partial charge in [0.1, 0.15) is 17.3 Å².